The van der Waals surface area contributed by atoms with Gasteiger partial charge < -0.3 is 4.90 Å². The van der Waals surface area contributed by atoms with E-state index in [-0.39, 0.29) is 5.16 Å². The molecule has 0 saturated heterocycles. The maximum atomic E-state index is 11.6. The van der Waals surface area contributed by atoms with Gasteiger partial charge >= 0.3 is 0 Å². The second kappa shape index (κ2) is 5.90. The average molecular weight is 315 g/mol. The zero-order valence-electron chi connectivity index (χ0n) is 11.2. The van der Waals surface area contributed by atoms with Crippen molar-refractivity contribution >= 4 is 19.7 Å². The number of hydrogen-bond acceptors (Lipinski definition) is 5. The van der Waals surface area contributed by atoms with Gasteiger partial charge in [-0.25, -0.2) is 8.42 Å². The molecule has 0 aliphatic heterocycles. The summed E-state index contributed by atoms with van der Waals surface area (Å²) in [6.07, 6.45) is 0.571. The van der Waals surface area contributed by atoms with Crippen LogP contribution in [0.25, 0.3) is 5.69 Å². The molecular formula is C12H15ClN4O2S. The lowest BCUT2D eigenvalue weighted by atomic mass is 10.3. The number of halogens is 1. The summed E-state index contributed by atoms with van der Waals surface area (Å²) in [6.45, 7) is 0.729. The molecular weight excluding hydrogens is 300 g/mol. The first kappa shape index (κ1) is 15.0. The van der Waals surface area contributed by atoms with Gasteiger partial charge in [0.15, 0.2) is 0 Å². The molecule has 0 spiro atoms. The van der Waals surface area contributed by atoms with Gasteiger partial charge in [-0.2, -0.15) is 0 Å². The summed E-state index contributed by atoms with van der Waals surface area (Å²) in [4.78, 5) is 1.99. The largest absolute Gasteiger partial charge is 0.309 e. The Morgan fingerprint density at radius 2 is 1.85 bits per heavy atom. The number of nitrogens with zero attached hydrogens (tertiary/aromatic N) is 4. The number of para-hydroxylation sites is 1. The maximum Gasteiger partial charge on any atom is 0.297 e. The van der Waals surface area contributed by atoms with E-state index in [4.69, 9.17) is 10.7 Å². The molecule has 0 amide bonds. The van der Waals surface area contributed by atoms with Gasteiger partial charge in [-0.3, -0.25) is 4.57 Å². The average Bonchev–Trinajstić information content (AvgIpc) is 2.81. The highest BCUT2D eigenvalue weighted by Gasteiger charge is 2.23. The van der Waals surface area contributed by atoms with Crippen LogP contribution in [-0.2, 0) is 15.5 Å². The lowest BCUT2D eigenvalue weighted by molar-refractivity contribution is 0.408. The fraction of sp³-hybridized carbons (Fsp3) is 0.333. The summed E-state index contributed by atoms with van der Waals surface area (Å²) >= 11 is 0. The van der Waals surface area contributed by atoms with Crippen LogP contribution < -0.4 is 0 Å². The Bertz CT molecular complexity index is 683. The van der Waals surface area contributed by atoms with E-state index in [1.165, 1.54) is 4.57 Å². The lowest BCUT2D eigenvalue weighted by Crippen LogP contribution is -2.17. The topological polar surface area (TPSA) is 68.1 Å². The first-order chi connectivity index (χ1) is 9.39. The predicted octanol–water partition coefficient (Wildman–Crippen LogP) is 1.30. The third-order valence-electron chi connectivity index (χ3n) is 2.72. The molecule has 0 N–H and O–H groups in total. The first-order valence-electron chi connectivity index (χ1n) is 5.98. The van der Waals surface area contributed by atoms with Crippen molar-refractivity contribution in [1.82, 2.24) is 19.7 Å². The van der Waals surface area contributed by atoms with Crippen LogP contribution in [0.4, 0.5) is 0 Å². The number of rotatable bonds is 5. The van der Waals surface area contributed by atoms with Crippen molar-refractivity contribution in [3.8, 4) is 5.69 Å². The van der Waals surface area contributed by atoms with Gasteiger partial charge in [0, 0.05) is 29.3 Å². The molecule has 0 unspecified atom stereocenters. The molecule has 108 valence electrons. The maximum absolute atomic E-state index is 11.6. The van der Waals surface area contributed by atoms with Gasteiger partial charge in [-0.05, 0) is 26.2 Å². The second-order valence-corrected chi connectivity index (χ2v) is 7.02. The highest BCUT2D eigenvalue weighted by molar-refractivity contribution is 8.13. The fourth-order valence-electron chi connectivity index (χ4n) is 1.78. The van der Waals surface area contributed by atoms with E-state index in [2.05, 4.69) is 10.2 Å². The lowest BCUT2D eigenvalue weighted by Gasteiger charge is -2.11. The minimum absolute atomic E-state index is 0.251. The monoisotopic (exact) mass is 314 g/mol. The number of benzene rings is 1. The van der Waals surface area contributed by atoms with Crippen molar-refractivity contribution < 1.29 is 8.42 Å². The van der Waals surface area contributed by atoms with E-state index >= 15 is 0 Å². The van der Waals surface area contributed by atoms with Crippen LogP contribution in [0.5, 0.6) is 0 Å². The number of likely N-dealkylation sites (N-methyl/N-ethyl adjacent to an activating group) is 1. The molecule has 2 rings (SSSR count). The first-order valence-corrected chi connectivity index (χ1v) is 8.29. The van der Waals surface area contributed by atoms with Crippen molar-refractivity contribution in [3.05, 3.63) is 36.2 Å². The molecule has 0 aliphatic carbocycles. The highest BCUT2D eigenvalue weighted by atomic mass is 35.7. The van der Waals surface area contributed by atoms with E-state index in [9.17, 15) is 8.42 Å². The van der Waals surface area contributed by atoms with Gasteiger partial charge in [0.05, 0.1) is 0 Å². The third-order valence-corrected chi connectivity index (χ3v) is 3.83. The third kappa shape index (κ3) is 3.36. The van der Waals surface area contributed by atoms with Gasteiger partial charge in [-0.1, -0.05) is 18.2 Å². The highest BCUT2D eigenvalue weighted by Crippen LogP contribution is 2.20. The van der Waals surface area contributed by atoms with Crippen LogP contribution in [0, 0.1) is 0 Å². The molecule has 0 atom stereocenters. The fourth-order valence-corrected chi connectivity index (χ4v) is 2.65. The molecule has 20 heavy (non-hydrogen) atoms. The van der Waals surface area contributed by atoms with Gasteiger partial charge in [0.1, 0.15) is 5.82 Å². The van der Waals surface area contributed by atoms with Gasteiger partial charge in [0.2, 0.25) is 0 Å². The Labute approximate surface area is 122 Å². The molecule has 1 aromatic heterocycles. The van der Waals surface area contributed by atoms with Crippen LogP contribution in [0.3, 0.4) is 0 Å². The smallest absolute Gasteiger partial charge is 0.297 e. The Balaban J connectivity index is 2.52. The zero-order valence-corrected chi connectivity index (χ0v) is 12.8. The molecule has 8 heteroatoms. The molecule has 0 fully saturated rings. The molecule has 6 nitrogen and oxygen atoms in total. The SMILES string of the molecule is CN(C)CCc1nnc(S(=O)(=O)Cl)n1-c1ccccc1. The summed E-state index contributed by atoms with van der Waals surface area (Å²) in [5.41, 5.74) is 0.672. The Morgan fingerprint density at radius 1 is 1.20 bits per heavy atom. The van der Waals surface area contributed by atoms with Crippen molar-refractivity contribution in [1.29, 1.82) is 0 Å². The molecule has 1 heterocycles. The molecule has 1 aromatic carbocycles. The second-order valence-electron chi connectivity index (χ2n) is 4.56. The van der Waals surface area contributed by atoms with Crippen molar-refractivity contribution in [3.63, 3.8) is 0 Å². The minimum Gasteiger partial charge on any atom is -0.309 e. The summed E-state index contributed by atoms with van der Waals surface area (Å²) < 4.78 is 24.7. The molecule has 0 aliphatic rings. The van der Waals surface area contributed by atoms with E-state index < -0.39 is 9.05 Å². The van der Waals surface area contributed by atoms with Crippen LogP contribution >= 0.6 is 10.7 Å². The van der Waals surface area contributed by atoms with Crippen LogP contribution in [0.15, 0.2) is 35.5 Å². The Morgan fingerprint density at radius 3 is 2.40 bits per heavy atom. The van der Waals surface area contributed by atoms with Crippen LogP contribution in [-0.4, -0.2) is 48.7 Å². The zero-order chi connectivity index (χ0) is 14.8. The summed E-state index contributed by atoms with van der Waals surface area (Å²) in [7, 11) is 5.34. The van der Waals surface area contributed by atoms with E-state index in [1.54, 1.807) is 12.1 Å². The molecule has 0 radical (unpaired) electrons. The predicted molar refractivity (Wildman–Crippen MR) is 76.7 cm³/mol. The minimum atomic E-state index is -3.95. The molecule has 0 saturated carbocycles. The van der Waals surface area contributed by atoms with E-state index in [1.807, 2.05) is 37.2 Å². The van der Waals surface area contributed by atoms with E-state index in [0.717, 1.165) is 6.54 Å². The van der Waals surface area contributed by atoms with Crippen molar-refractivity contribution in [2.45, 2.75) is 11.6 Å². The van der Waals surface area contributed by atoms with Gasteiger partial charge in [0.25, 0.3) is 14.2 Å². The van der Waals surface area contributed by atoms with Gasteiger partial charge in [-0.15, -0.1) is 10.2 Å². The summed E-state index contributed by atoms with van der Waals surface area (Å²) in [5, 5.41) is 7.42. The number of hydrogen-bond donors (Lipinski definition) is 0. The van der Waals surface area contributed by atoms with Crippen molar-refractivity contribution in [2.75, 3.05) is 20.6 Å². The standard InChI is InChI=1S/C12H15ClN4O2S/c1-16(2)9-8-11-14-15-12(20(13,18)19)17(11)10-6-4-3-5-7-10/h3-7H,8-9H2,1-2H3. The quantitative estimate of drug-likeness (QED) is 0.778. The Hall–Kier alpha value is -1.44. The van der Waals surface area contributed by atoms with Crippen LogP contribution in [0.1, 0.15) is 5.82 Å². The van der Waals surface area contributed by atoms with E-state index in [0.29, 0.717) is 17.9 Å². The van der Waals surface area contributed by atoms with Crippen LogP contribution in [0.2, 0.25) is 0 Å². The van der Waals surface area contributed by atoms with Crippen molar-refractivity contribution in [2.24, 2.45) is 0 Å². The molecule has 0 bridgehead atoms. The molecule has 2 aromatic rings. The summed E-state index contributed by atoms with van der Waals surface area (Å²) in [5.74, 6) is 0.559. The summed E-state index contributed by atoms with van der Waals surface area (Å²) in [6, 6.07) is 9.05. The number of aromatic nitrogens is 3. The normalized spacial score (nSPS) is 12.0. The Kier molecular flexibility index (Phi) is 4.42.